The van der Waals surface area contributed by atoms with E-state index in [1.165, 1.54) is 0 Å². The third kappa shape index (κ3) is 4.20. The summed E-state index contributed by atoms with van der Waals surface area (Å²) in [4.78, 5) is 17.9. The number of aromatic nitrogens is 1. The van der Waals surface area contributed by atoms with E-state index in [1.54, 1.807) is 17.3 Å². The van der Waals surface area contributed by atoms with Crippen molar-refractivity contribution in [2.75, 3.05) is 13.1 Å². The minimum absolute atomic E-state index is 0.158. The van der Waals surface area contributed by atoms with E-state index in [0.29, 0.717) is 13.1 Å². The molecule has 1 fully saturated rings. The average molecular weight is 301 g/mol. The molecule has 0 N–H and O–H groups in total. The number of ether oxygens (including phenoxy) is 1. The maximum absolute atomic E-state index is 12.1. The first-order valence-corrected chi connectivity index (χ1v) is 7.68. The van der Waals surface area contributed by atoms with Gasteiger partial charge in [0.2, 0.25) is 0 Å². The van der Waals surface area contributed by atoms with Crippen LogP contribution in [0.3, 0.4) is 0 Å². The molecule has 1 amide bonds. The molecule has 0 bridgehead atoms. The van der Waals surface area contributed by atoms with Gasteiger partial charge in [-0.15, -0.1) is 0 Å². The van der Waals surface area contributed by atoms with Gasteiger partial charge in [-0.1, -0.05) is 6.07 Å². The molecule has 1 aliphatic rings. The van der Waals surface area contributed by atoms with Crippen molar-refractivity contribution in [3.05, 3.63) is 30.1 Å². The van der Waals surface area contributed by atoms with E-state index in [2.05, 4.69) is 11.1 Å². The monoisotopic (exact) mass is 301 g/mol. The number of likely N-dealkylation sites (tertiary alicyclic amines) is 1. The zero-order valence-corrected chi connectivity index (χ0v) is 13.5. The van der Waals surface area contributed by atoms with E-state index in [1.807, 2.05) is 32.9 Å². The largest absolute Gasteiger partial charge is 0.444 e. The highest BCUT2D eigenvalue weighted by Crippen LogP contribution is 2.32. The Morgan fingerprint density at radius 2 is 2.14 bits per heavy atom. The Balaban J connectivity index is 1.94. The number of carbonyl (C=O) groups is 1. The number of rotatable bonds is 2. The molecule has 2 rings (SSSR count). The second kappa shape index (κ2) is 6.78. The van der Waals surface area contributed by atoms with Gasteiger partial charge in [-0.05, 0) is 51.2 Å². The number of amides is 1. The molecular weight excluding hydrogens is 278 g/mol. The Morgan fingerprint density at radius 3 is 2.64 bits per heavy atom. The van der Waals surface area contributed by atoms with Crippen molar-refractivity contribution in [2.45, 2.75) is 45.1 Å². The Labute approximate surface area is 131 Å². The Hall–Kier alpha value is -2.09. The second-order valence-electron chi connectivity index (χ2n) is 6.70. The SMILES string of the molecule is CC(C)(C)OC(=O)N1CCC(C(C#N)c2cccnc2)CC1. The summed E-state index contributed by atoms with van der Waals surface area (Å²) in [6, 6.07) is 6.20. The molecular formula is C17H23N3O2. The number of hydrogen-bond acceptors (Lipinski definition) is 4. The van der Waals surface area contributed by atoms with E-state index < -0.39 is 5.60 Å². The summed E-state index contributed by atoms with van der Waals surface area (Å²) in [5.74, 6) is 0.0994. The molecule has 1 atom stereocenters. The summed E-state index contributed by atoms with van der Waals surface area (Å²) in [6.45, 7) is 6.87. The minimum Gasteiger partial charge on any atom is -0.444 e. The number of nitrogens with zero attached hydrogens (tertiary/aromatic N) is 3. The maximum atomic E-state index is 12.1. The number of piperidine rings is 1. The fourth-order valence-electron chi connectivity index (χ4n) is 2.75. The lowest BCUT2D eigenvalue weighted by Gasteiger charge is -2.35. The Kier molecular flexibility index (Phi) is 5.02. The van der Waals surface area contributed by atoms with E-state index in [0.717, 1.165) is 18.4 Å². The van der Waals surface area contributed by atoms with Crippen LogP contribution in [0.1, 0.15) is 45.1 Å². The van der Waals surface area contributed by atoms with Gasteiger partial charge < -0.3 is 9.64 Å². The topological polar surface area (TPSA) is 66.2 Å². The predicted molar refractivity (Wildman–Crippen MR) is 83.1 cm³/mol. The highest BCUT2D eigenvalue weighted by Gasteiger charge is 2.31. The predicted octanol–water partition coefficient (Wildman–Crippen LogP) is 3.34. The normalized spacial score (nSPS) is 17.6. The molecule has 5 nitrogen and oxygen atoms in total. The van der Waals surface area contributed by atoms with Gasteiger partial charge in [0, 0.05) is 25.5 Å². The van der Waals surface area contributed by atoms with Gasteiger partial charge in [-0.25, -0.2) is 4.79 Å². The minimum atomic E-state index is -0.473. The standard InChI is InChI=1S/C17H23N3O2/c1-17(2,3)22-16(21)20-9-6-13(7-10-20)15(11-18)14-5-4-8-19-12-14/h4-5,8,12-13,15H,6-7,9-10H2,1-3H3. The van der Waals surface area contributed by atoms with Crippen LogP contribution in [0.5, 0.6) is 0 Å². The van der Waals surface area contributed by atoms with Crippen molar-refractivity contribution in [1.29, 1.82) is 5.26 Å². The van der Waals surface area contributed by atoms with Crippen molar-refractivity contribution in [1.82, 2.24) is 9.88 Å². The quantitative estimate of drug-likeness (QED) is 0.840. The van der Waals surface area contributed by atoms with Crippen LogP contribution in [0.2, 0.25) is 0 Å². The lowest BCUT2D eigenvalue weighted by molar-refractivity contribution is 0.0180. The summed E-state index contributed by atoms with van der Waals surface area (Å²) >= 11 is 0. The molecule has 1 aliphatic heterocycles. The first-order valence-electron chi connectivity index (χ1n) is 7.68. The molecule has 2 heterocycles. The van der Waals surface area contributed by atoms with Crippen molar-refractivity contribution >= 4 is 6.09 Å². The number of carbonyl (C=O) groups excluding carboxylic acids is 1. The average Bonchev–Trinajstić information content (AvgIpc) is 2.48. The summed E-state index contributed by atoms with van der Waals surface area (Å²) < 4.78 is 5.40. The molecule has 1 aromatic rings. The first-order chi connectivity index (χ1) is 10.4. The molecule has 0 spiro atoms. The van der Waals surface area contributed by atoms with Gasteiger partial charge in [0.15, 0.2) is 0 Å². The number of nitriles is 1. The number of hydrogen-bond donors (Lipinski definition) is 0. The van der Waals surface area contributed by atoms with Crippen molar-refractivity contribution in [3.63, 3.8) is 0 Å². The first kappa shape index (κ1) is 16.3. The summed E-state index contributed by atoms with van der Waals surface area (Å²) in [5.41, 5.74) is 0.486. The van der Waals surface area contributed by atoms with E-state index in [4.69, 9.17) is 4.74 Å². The van der Waals surface area contributed by atoms with Gasteiger partial charge in [0.25, 0.3) is 0 Å². The highest BCUT2D eigenvalue weighted by atomic mass is 16.6. The van der Waals surface area contributed by atoms with Crippen LogP contribution < -0.4 is 0 Å². The van der Waals surface area contributed by atoms with Crippen molar-refractivity contribution < 1.29 is 9.53 Å². The molecule has 1 saturated heterocycles. The lowest BCUT2D eigenvalue weighted by atomic mass is 9.81. The van der Waals surface area contributed by atoms with Gasteiger partial charge in [-0.2, -0.15) is 5.26 Å². The summed E-state index contributed by atoms with van der Waals surface area (Å²) in [7, 11) is 0. The molecule has 1 unspecified atom stereocenters. The Bertz CT molecular complexity index is 537. The van der Waals surface area contributed by atoms with Crippen LogP contribution in [-0.2, 0) is 4.74 Å². The highest BCUT2D eigenvalue weighted by molar-refractivity contribution is 5.68. The van der Waals surface area contributed by atoms with Gasteiger partial charge in [-0.3, -0.25) is 4.98 Å². The Morgan fingerprint density at radius 1 is 1.45 bits per heavy atom. The van der Waals surface area contributed by atoms with Crippen LogP contribution in [0, 0.1) is 17.2 Å². The van der Waals surface area contributed by atoms with Crippen LogP contribution in [-0.4, -0.2) is 34.7 Å². The third-order valence-corrected chi connectivity index (χ3v) is 3.85. The van der Waals surface area contributed by atoms with Gasteiger partial charge in [0.1, 0.15) is 5.60 Å². The van der Waals surface area contributed by atoms with E-state index >= 15 is 0 Å². The van der Waals surface area contributed by atoms with E-state index in [9.17, 15) is 10.1 Å². The smallest absolute Gasteiger partial charge is 0.410 e. The maximum Gasteiger partial charge on any atom is 0.410 e. The molecule has 5 heteroatoms. The van der Waals surface area contributed by atoms with E-state index in [-0.39, 0.29) is 17.9 Å². The van der Waals surface area contributed by atoms with Crippen molar-refractivity contribution in [3.8, 4) is 6.07 Å². The van der Waals surface area contributed by atoms with Gasteiger partial charge >= 0.3 is 6.09 Å². The molecule has 0 aliphatic carbocycles. The van der Waals surface area contributed by atoms with Crippen LogP contribution in [0.4, 0.5) is 4.79 Å². The molecule has 0 saturated carbocycles. The second-order valence-corrected chi connectivity index (χ2v) is 6.70. The molecule has 1 aromatic heterocycles. The van der Waals surface area contributed by atoms with Crippen LogP contribution >= 0.6 is 0 Å². The number of pyridine rings is 1. The molecule has 0 radical (unpaired) electrons. The molecule has 118 valence electrons. The molecule has 0 aromatic carbocycles. The third-order valence-electron chi connectivity index (χ3n) is 3.85. The van der Waals surface area contributed by atoms with Crippen LogP contribution in [0.15, 0.2) is 24.5 Å². The zero-order chi connectivity index (χ0) is 16.2. The van der Waals surface area contributed by atoms with Crippen molar-refractivity contribution in [2.24, 2.45) is 5.92 Å². The summed E-state index contributed by atoms with van der Waals surface area (Å²) in [6.07, 6.45) is 4.83. The van der Waals surface area contributed by atoms with Crippen LogP contribution in [0.25, 0.3) is 0 Å². The van der Waals surface area contributed by atoms with Gasteiger partial charge in [0.05, 0.1) is 12.0 Å². The molecule has 22 heavy (non-hydrogen) atoms. The fraction of sp³-hybridized carbons (Fsp3) is 0.588. The zero-order valence-electron chi connectivity index (χ0n) is 13.5. The lowest BCUT2D eigenvalue weighted by Crippen LogP contribution is -2.42. The summed E-state index contributed by atoms with van der Waals surface area (Å²) in [5, 5.41) is 9.48. The fourth-order valence-corrected chi connectivity index (χ4v) is 2.75.